The summed E-state index contributed by atoms with van der Waals surface area (Å²) in [5, 5.41) is 11.6. The van der Waals surface area contributed by atoms with Gasteiger partial charge in [-0.1, -0.05) is 0 Å². The van der Waals surface area contributed by atoms with Gasteiger partial charge in [-0.05, 0) is 35.2 Å². The largest absolute Gasteiger partial charge is 0.428 e. The van der Waals surface area contributed by atoms with E-state index in [4.69, 9.17) is 4.42 Å². The molecular formula is C8H8N4O2S. The first-order valence-corrected chi connectivity index (χ1v) is 4.99. The molecule has 0 spiro atoms. The SMILES string of the molecule is Cc1cc(Sc2nnnn2C)cc(=O)o1. The van der Waals surface area contributed by atoms with E-state index in [1.54, 1.807) is 20.0 Å². The van der Waals surface area contributed by atoms with E-state index in [1.165, 1.54) is 22.5 Å². The highest BCUT2D eigenvalue weighted by Crippen LogP contribution is 2.23. The zero-order valence-electron chi connectivity index (χ0n) is 8.17. The highest BCUT2D eigenvalue weighted by Gasteiger charge is 2.06. The molecule has 0 aliphatic rings. The average molecular weight is 224 g/mol. The molecule has 15 heavy (non-hydrogen) atoms. The lowest BCUT2D eigenvalue weighted by molar-refractivity contribution is 0.475. The third-order valence-corrected chi connectivity index (χ3v) is 2.66. The first-order valence-electron chi connectivity index (χ1n) is 4.17. The summed E-state index contributed by atoms with van der Waals surface area (Å²) in [7, 11) is 1.74. The molecule has 2 aromatic rings. The highest BCUT2D eigenvalue weighted by atomic mass is 32.2. The minimum Gasteiger partial charge on any atom is -0.428 e. The molecule has 0 saturated carbocycles. The van der Waals surface area contributed by atoms with Crippen LogP contribution in [0.5, 0.6) is 0 Å². The summed E-state index contributed by atoms with van der Waals surface area (Å²) in [6.07, 6.45) is 0. The second-order valence-electron chi connectivity index (χ2n) is 2.91. The van der Waals surface area contributed by atoms with Crippen LogP contribution in [0.3, 0.4) is 0 Å². The molecule has 0 radical (unpaired) electrons. The number of aromatic nitrogens is 4. The quantitative estimate of drug-likeness (QED) is 0.744. The summed E-state index contributed by atoms with van der Waals surface area (Å²) in [4.78, 5) is 11.9. The summed E-state index contributed by atoms with van der Waals surface area (Å²) < 4.78 is 6.38. The maximum atomic E-state index is 11.1. The van der Waals surface area contributed by atoms with Gasteiger partial charge >= 0.3 is 5.63 Å². The van der Waals surface area contributed by atoms with Crippen LogP contribution in [-0.4, -0.2) is 20.2 Å². The predicted octanol–water partition coefficient (Wildman–Crippen LogP) is 0.623. The van der Waals surface area contributed by atoms with Crippen molar-refractivity contribution in [2.45, 2.75) is 17.0 Å². The summed E-state index contributed by atoms with van der Waals surface area (Å²) >= 11 is 1.32. The Hall–Kier alpha value is -1.63. The highest BCUT2D eigenvalue weighted by molar-refractivity contribution is 7.99. The molecule has 0 aromatic carbocycles. The van der Waals surface area contributed by atoms with Crippen LogP contribution in [0.2, 0.25) is 0 Å². The smallest absolute Gasteiger partial charge is 0.336 e. The lowest BCUT2D eigenvalue weighted by Gasteiger charge is -1.98. The summed E-state index contributed by atoms with van der Waals surface area (Å²) in [5.74, 6) is 0.570. The fourth-order valence-corrected chi connectivity index (χ4v) is 1.88. The number of hydrogen-bond acceptors (Lipinski definition) is 6. The molecule has 7 heteroatoms. The molecule has 2 aromatic heterocycles. The molecule has 0 bridgehead atoms. The van der Waals surface area contributed by atoms with Gasteiger partial charge in [0.15, 0.2) is 0 Å². The van der Waals surface area contributed by atoms with Crippen molar-refractivity contribution >= 4 is 11.8 Å². The van der Waals surface area contributed by atoms with Crippen LogP contribution in [0.4, 0.5) is 0 Å². The first kappa shape index (κ1) is 9.91. The maximum absolute atomic E-state index is 11.1. The summed E-state index contributed by atoms with van der Waals surface area (Å²) in [6, 6.07) is 3.17. The molecule has 0 aliphatic carbocycles. The van der Waals surface area contributed by atoms with Crippen LogP contribution in [0.25, 0.3) is 0 Å². The van der Waals surface area contributed by atoms with E-state index in [0.717, 1.165) is 4.90 Å². The maximum Gasteiger partial charge on any atom is 0.336 e. The third kappa shape index (κ3) is 2.24. The first-order chi connectivity index (χ1) is 7.15. The van der Waals surface area contributed by atoms with Crippen LogP contribution >= 0.6 is 11.8 Å². The van der Waals surface area contributed by atoms with Crippen molar-refractivity contribution in [2.75, 3.05) is 0 Å². The van der Waals surface area contributed by atoms with E-state index < -0.39 is 0 Å². The molecule has 2 heterocycles. The number of aryl methyl sites for hydroxylation is 2. The molecule has 0 aliphatic heterocycles. The number of rotatable bonds is 2. The van der Waals surface area contributed by atoms with E-state index in [9.17, 15) is 4.79 Å². The van der Waals surface area contributed by atoms with Crippen molar-refractivity contribution in [2.24, 2.45) is 7.05 Å². The third-order valence-electron chi connectivity index (χ3n) is 1.66. The van der Waals surface area contributed by atoms with Crippen molar-refractivity contribution in [3.05, 3.63) is 28.3 Å². The van der Waals surface area contributed by atoms with E-state index in [-0.39, 0.29) is 5.63 Å². The average Bonchev–Trinajstić information content (AvgIpc) is 2.50. The van der Waals surface area contributed by atoms with E-state index >= 15 is 0 Å². The van der Waals surface area contributed by atoms with Gasteiger partial charge < -0.3 is 4.42 Å². The van der Waals surface area contributed by atoms with Gasteiger partial charge in [0.05, 0.1) is 0 Å². The Bertz CT molecular complexity index is 533. The topological polar surface area (TPSA) is 73.8 Å². The second-order valence-corrected chi connectivity index (χ2v) is 3.95. The molecule has 0 fully saturated rings. The van der Waals surface area contributed by atoms with Crippen LogP contribution in [0, 0.1) is 6.92 Å². The molecule has 2 rings (SSSR count). The summed E-state index contributed by atoms with van der Waals surface area (Å²) in [6.45, 7) is 1.72. The molecule has 78 valence electrons. The van der Waals surface area contributed by atoms with E-state index in [0.29, 0.717) is 10.9 Å². The number of hydrogen-bond donors (Lipinski definition) is 0. The Balaban J connectivity index is 2.32. The Morgan fingerprint density at radius 3 is 2.87 bits per heavy atom. The van der Waals surface area contributed by atoms with Crippen LogP contribution < -0.4 is 5.63 Å². The Labute approximate surface area is 89.3 Å². The van der Waals surface area contributed by atoms with Crippen molar-refractivity contribution < 1.29 is 4.42 Å². The minimum absolute atomic E-state index is 0.368. The van der Waals surface area contributed by atoms with Gasteiger partial charge in [-0.2, -0.15) is 0 Å². The molecule has 0 atom stereocenters. The van der Waals surface area contributed by atoms with Crippen LogP contribution in [0.15, 0.2) is 31.4 Å². The van der Waals surface area contributed by atoms with Crippen molar-refractivity contribution in [3.8, 4) is 0 Å². The molecule has 0 unspecified atom stereocenters. The van der Waals surface area contributed by atoms with E-state index in [1.807, 2.05) is 0 Å². The second kappa shape index (κ2) is 3.85. The molecule has 0 N–H and O–H groups in total. The Morgan fingerprint density at radius 2 is 2.27 bits per heavy atom. The van der Waals surface area contributed by atoms with E-state index in [2.05, 4.69) is 15.5 Å². The fraction of sp³-hybridized carbons (Fsp3) is 0.250. The predicted molar refractivity (Wildman–Crippen MR) is 52.6 cm³/mol. The molecule has 6 nitrogen and oxygen atoms in total. The van der Waals surface area contributed by atoms with Crippen molar-refractivity contribution in [1.29, 1.82) is 0 Å². The normalized spacial score (nSPS) is 10.5. The number of tetrazole rings is 1. The lowest BCUT2D eigenvalue weighted by Crippen LogP contribution is -1.98. The Kier molecular flexibility index (Phi) is 2.55. The summed E-state index contributed by atoms with van der Waals surface area (Å²) in [5.41, 5.74) is -0.368. The Morgan fingerprint density at radius 1 is 1.47 bits per heavy atom. The van der Waals surface area contributed by atoms with Crippen molar-refractivity contribution in [1.82, 2.24) is 20.2 Å². The zero-order valence-corrected chi connectivity index (χ0v) is 8.98. The van der Waals surface area contributed by atoms with Gasteiger partial charge in [-0.15, -0.1) is 5.10 Å². The lowest BCUT2D eigenvalue weighted by atomic mass is 10.4. The van der Waals surface area contributed by atoms with Gasteiger partial charge in [0.1, 0.15) is 5.76 Å². The minimum atomic E-state index is -0.368. The molecule has 0 saturated heterocycles. The van der Waals surface area contributed by atoms with Gasteiger partial charge in [-0.3, -0.25) is 0 Å². The number of nitrogens with zero attached hydrogens (tertiary/aromatic N) is 4. The van der Waals surface area contributed by atoms with Crippen LogP contribution in [0.1, 0.15) is 5.76 Å². The standard InChI is InChI=1S/C8H8N4O2S/c1-5-3-6(4-7(13)14-5)15-8-9-10-11-12(8)2/h3-4H,1-2H3. The van der Waals surface area contributed by atoms with Gasteiger partial charge in [-0.25, -0.2) is 9.48 Å². The van der Waals surface area contributed by atoms with Crippen LogP contribution in [-0.2, 0) is 7.05 Å². The molecular weight excluding hydrogens is 216 g/mol. The molecule has 0 amide bonds. The van der Waals surface area contributed by atoms with Gasteiger partial charge in [0.25, 0.3) is 0 Å². The monoisotopic (exact) mass is 224 g/mol. The van der Waals surface area contributed by atoms with Crippen molar-refractivity contribution in [3.63, 3.8) is 0 Å². The zero-order chi connectivity index (χ0) is 10.8. The van der Waals surface area contributed by atoms with Gasteiger partial charge in [0, 0.05) is 18.0 Å². The van der Waals surface area contributed by atoms with Gasteiger partial charge in [0.2, 0.25) is 5.16 Å². The fourth-order valence-electron chi connectivity index (χ4n) is 1.05.